The molecule has 1 unspecified atom stereocenters. The molecule has 0 spiro atoms. The molecule has 2 aromatic carbocycles. The first-order valence-corrected chi connectivity index (χ1v) is 6.80. The van der Waals surface area contributed by atoms with Gasteiger partial charge in [-0.25, -0.2) is 4.39 Å². The first kappa shape index (κ1) is 15.0. The van der Waals surface area contributed by atoms with Crippen molar-refractivity contribution in [2.75, 3.05) is 0 Å². The summed E-state index contributed by atoms with van der Waals surface area (Å²) >= 11 is 0. The van der Waals surface area contributed by atoms with Crippen molar-refractivity contribution in [1.29, 1.82) is 0 Å². The maximum Gasteiger partial charge on any atom is 0.261 e. The van der Waals surface area contributed by atoms with Crippen molar-refractivity contribution in [2.45, 2.75) is 26.5 Å². The molecule has 1 amide bonds. The van der Waals surface area contributed by atoms with Gasteiger partial charge < -0.3 is 10.1 Å². The lowest BCUT2D eigenvalue weighted by atomic mass is 10.1. The lowest BCUT2D eigenvalue weighted by molar-refractivity contribution is -0.127. The maximum atomic E-state index is 13.0. The van der Waals surface area contributed by atoms with Crippen LogP contribution in [-0.4, -0.2) is 12.0 Å². The summed E-state index contributed by atoms with van der Waals surface area (Å²) in [5.41, 5.74) is 2.19. The molecule has 110 valence electrons. The molecule has 3 nitrogen and oxygen atoms in total. The van der Waals surface area contributed by atoms with Crippen LogP contribution in [0.2, 0.25) is 0 Å². The summed E-state index contributed by atoms with van der Waals surface area (Å²) in [6, 6.07) is 13.7. The molecule has 1 atom stereocenters. The number of amides is 1. The Kier molecular flexibility index (Phi) is 4.93. The highest BCUT2D eigenvalue weighted by molar-refractivity contribution is 5.80. The lowest BCUT2D eigenvalue weighted by Crippen LogP contribution is -2.35. The summed E-state index contributed by atoms with van der Waals surface area (Å²) in [7, 11) is 0. The van der Waals surface area contributed by atoms with Gasteiger partial charge in [-0.2, -0.15) is 0 Å². The van der Waals surface area contributed by atoms with Crippen molar-refractivity contribution in [3.63, 3.8) is 0 Å². The number of halogens is 1. The Bertz CT molecular complexity index is 610. The van der Waals surface area contributed by atoms with E-state index in [1.165, 1.54) is 17.7 Å². The van der Waals surface area contributed by atoms with Crippen molar-refractivity contribution >= 4 is 5.91 Å². The average Bonchev–Trinajstić information content (AvgIpc) is 2.46. The first-order chi connectivity index (χ1) is 10.0. The molecular formula is C17H18FNO2. The number of carbonyl (C=O) groups is 1. The van der Waals surface area contributed by atoms with E-state index < -0.39 is 6.10 Å². The highest BCUT2D eigenvalue weighted by atomic mass is 19.1. The molecule has 0 aromatic heterocycles. The molecule has 0 bridgehead atoms. The minimum atomic E-state index is -0.683. The van der Waals surface area contributed by atoms with Crippen LogP contribution in [0.5, 0.6) is 5.75 Å². The molecule has 2 rings (SSSR count). The van der Waals surface area contributed by atoms with E-state index in [9.17, 15) is 9.18 Å². The van der Waals surface area contributed by atoms with E-state index >= 15 is 0 Å². The summed E-state index contributed by atoms with van der Waals surface area (Å²) in [6.07, 6.45) is -0.683. The fraction of sp³-hybridized carbons (Fsp3) is 0.235. The number of aryl methyl sites for hydroxylation is 1. The number of hydrogen-bond acceptors (Lipinski definition) is 2. The number of carbonyl (C=O) groups excluding carboxylic acids is 1. The molecule has 0 saturated carbocycles. The van der Waals surface area contributed by atoms with Crippen LogP contribution < -0.4 is 10.1 Å². The van der Waals surface area contributed by atoms with Gasteiger partial charge in [0.25, 0.3) is 5.91 Å². The second kappa shape index (κ2) is 6.88. The fourth-order valence-electron chi connectivity index (χ4n) is 1.84. The second-order valence-electron chi connectivity index (χ2n) is 4.92. The van der Waals surface area contributed by atoms with E-state index in [2.05, 4.69) is 5.32 Å². The van der Waals surface area contributed by atoms with Crippen LogP contribution >= 0.6 is 0 Å². The Morgan fingerprint density at radius 3 is 2.62 bits per heavy atom. The SMILES string of the molecule is Cc1ccc(CNC(=O)C(C)Oc2cccc(F)c2)cc1. The topological polar surface area (TPSA) is 38.3 Å². The Balaban J connectivity index is 1.86. The molecule has 0 fully saturated rings. The zero-order valence-corrected chi connectivity index (χ0v) is 12.1. The molecule has 0 aliphatic heterocycles. The molecule has 2 aromatic rings. The molecule has 0 saturated heterocycles. The minimum Gasteiger partial charge on any atom is -0.481 e. The molecule has 4 heteroatoms. The molecule has 0 aliphatic rings. The van der Waals surface area contributed by atoms with Gasteiger partial charge in [-0.3, -0.25) is 4.79 Å². The number of rotatable bonds is 5. The third-order valence-corrected chi connectivity index (χ3v) is 3.07. The van der Waals surface area contributed by atoms with Crippen molar-refractivity contribution in [3.8, 4) is 5.75 Å². The Labute approximate surface area is 123 Å². The second-order valence-corrected chi connectivity index (χ2v) is 4.92. The highest BCUT2D eigenvalue weighted by Gasteiger charge is 2.14. The molecule has 1 N–H and O–H groups in total. The van der Waals surface area contributed by atoms with Gasteiger partial charge >= 0.3 is 0 Å². The average molecular weight is 287 g/mol. The van der Waals surface area contributed by atoms with Gasteiger partial charge in [0.05, 0.1) is 0 Å². The standard InChI is InChI=1S/C17H18FNO2/c1-12-6-8-14(9-7-12)11-19-17(20)13(2)21-16-5-3-4-15(18)10-16/h3-10,13H,11H2,1-2H3,(H,19,20). The summed E-state index contributed by atoms with van der Waals surface area (Å²) in [5.74, 6) is -0.285. The number of hydrogen-bond donors (Lipinski definition) is 1. The van der Waals surface area contributed by atoms with Gasteiger partial charge in [0, 0.05) is 12.6 Å². The van der Waals surface area contributed by atoms with Gasteiger partial charge in [-0.1, -0.05) is 35.9 Å². The van der Waals surface area contributed by atoms with Crippen LogP contribution in [0.4, 0.5) is 4.39 Å². The number of benzene rings is 2. The largest absolute Gasteiger partial charge is 0.481 e. The summed E-state index contributed by atoms with van der Waals surface area (Å²) in [5, 5.41) is 2.80. The molecule has 0 radical (unpaired) electrons. The molecule has 21 heavy (non-hydrogen) atoms. The van der Waals surface area contributed by atoms with Gasteiger partial charge in [0.1, 0.15) is 11.6 Å². The summed E-state index contributed by atoms with van der Waals surface area (Å²) in [4.78, 5) is 11.9. The normalized spacial score (nSPS) is 11.8. The van der Waals surface area contributed by atoms with E-state index in [1.807, 2.05) is 31.2 Å². The maximum absolute atomic E-state index is 13.0. The van der Waals surface area contributed by atoms with Gasteiger partial charge in [0.2, 0.25) is 0 Å². The van der Waals surface area contributed by atoms with Crippen LogP contribution in [0, 0.1) is 12.7 Å². The van der Waals surface area contributed by atoms with E-state index in [-0.39, 0.29) is 11.7 Å². The first-order valence-electron chi connectivity index (χ1n) is 6.80. The monoisotopic (exact) mass is 287 g/mol. The van der Waals surface area contributed by atoms with Gasteiger partial charge in [0.15, 0.2) is 6.10 Å². The number of nitrogens with one attached hydrogen (secondary N) is 1. The zero-order chi connectivity index (χ0) is 15.2. The van der Waals surface area contributed by atoms with E-state index in [0.29, 0.717) is 12.3 Å². The smallest absolute Gasteiger partial charge is 0.261 e. The van der Waals surface area contributed by atoms with E-state index in [4.69, 9.17) is 4.74 Å². The van der Waals surface area contributed by atoms with Crippen LogP contribution in [0.25, 0.3) is 0 Å². The third-order valence-electron chi connectivity index (χ3n) is 3.07. The van der Waals surface area contributed by atoms with Crippen molar-refractivity contribution < 1.29 is 13.9 Å². The summed E-state index contributed by atoms with van der Waals surface area (Å²) in [6.45, 7) is 4.09. The quantitative estimate of drug-likeness (QED) is 0.917. The molecule has 0 aliphatic carbocycles. The van der Waals surface area contributed by atoms with E-state index in [0.717, 1.165) is 5.56 Å². The van der Waals surface area contributed by atoms with Crippen LogP contribution in [-0.2, 0) is 11.3 Å². The predicted octanol–water partition coefficient (Wildman–Crippen LogP) is 3.22. The molecular weight excluding hydrogens is 269 g/mol. The fourth-order valence-corrected chi connectivity index (χ4v) is 1.84. The zero-order valence-electron chi connectivity index (χ0n) is 12.1. The Hall–Kier alpha value is -2.36. The Morgan fingerprint density at radius 1 is 1.24 bits per heavy atom. The van der Waals surface area contributed by atoms with Gasteiger partial charge in [-0.15, -0.1) is 0 Å². The van der Waals surface area contributed by atoms with Crippen molar-refractivity contribution in [1.82, 2.24) is 5.32 Å². The van der Waals surface area contributed by atoms with Crippen LogP contribution in [0.15, 0.2) is 48.5 Å². The lowest BCUT2D eigenvalue weighted by Gasteiger charge is -2.14. The summed E-state index contributed by atoms with van der Waals surface area (Å²) < 4.78 is 18.5. The Morgan fingerprint density at radius 2 is 1.95 bits per heavy atom. The predicted molar refractivity (Wildman–Crippen MR) is 79.5 cm³/mol. The highest BCUT2D eigenvalue weighted by Crippen LogP contribution is 2.13. The van der Waals surface area contributed by atoms with Crippen LogP contribution in [0.1, 0.15) is 18.1 Å². The minimum absolute atomic E-state index is 0.236. The van der Waals surface area contributed by atoms with Crippen LogP contribution in [0.3, 0.4) is 0 Å². The van der Waals surface area contributed by atoms with Crippen molar-refractivity contribution in [2.24, 2.45) is 0 Å². The van der Waals surface area contributed by atoms with Gasteiger partial charge in [-0.05, 0) is 31.5 Å². The van der Waals surface area contributed by atoms with Crippen molar-refractivity contribution in [3.05, 3.63) is 65.5 Å². The number of ether oxygens (including phenoxy) is 1. The third kappa shape index (κ3) is 4.60. The van der Waals surface area contributed by atoms with E-state index in [1.54, 1.807) is 19.1 Å². The molecule has 0 heterocycles.